The van der Waals surface area contributed by atoms with Gasteiger partial charge in [0.2, 0.25) is 0 Å². The van der Waals surface area contributed by atoms with Crippen LogP contribution in [0.4, 0.5) is 0 Å². The van der Waals surface area contributed by atoms with E-state index in [0.717, 1.165) is 0 Å². The SMILES string of the molecule is C[n+]1ccc(C#N)cc1.I[I-]I. The molecule has 0 saturated heterocycles. The van der Waals surface area contributed by atoms with Crippen LogP contribution >= 0.6 is 37.2 Å². The van der Waals surface area contributed by atoms with Crippen LogP contribution < -0.4 is 17.8 Å². The average Bonchev–Trinajstić information content (AvgIpc) is 2.07. The second kappa shape index (κ2) is 8.43. The molecule has 0 atom stereocenters. The Hall–Kier alpha value is 0.830. The van der Waals surface area contributed by atoms with Gasteiger partial charge < -0.3 is 0 Å². The van der Waals surface area contributed by atoms with Gasteiger partial charge >= 0.3 is 50.5 Å². The van der Waals surface area contributed by atoms with Gasteiger partial charge in [-0.2, -0.15) is 5.26 Å². The summed E-state index contributed by atoms with van der Waals surface area (Å²) in [4.78, 5) is 0. The summed E-state index contributed by atoms with van der Waals surface area (Å²) in [5.41, 5.74) is 0.702. The maximum atomic E-state index is 8.37. The zero-order valence-corrected chi connectivity index (χ0v) is 12.8. The van der Waals surface area contributed by atoms with Gasteiger partial charge in [0.15, 0.2) is 12.4 Å². The van der Waals surface area contributed by atoms with E-state index >= 15 is 0 Å². The van der Waals surface area contributed by atoms with Gasteiger partial charge in [-0.3, -0.25) is 0 Å². The van der Waals surface area contributed by atoms with Crippen molar-refractivity contribution in [3.8, 4) is 6.07 Å². The van der Waals surface area contributed by atoms with Crippen LogP contribution in [0.3, 0.4) is 0 Å². The number of halogens is 3. The molecule has 0 radical (unpaired) electrons. The number of rotatable bonds is 0. The second-order valence-electron chi connectivity index (χ2n) is 1.92. The monoisotopic (exact) mass is 500 g/mol. The number of nitriles is 1. The third kappa shape index (κ3) is 6.36. The Morgan fingerprint density at radius 1 is 1.42 bits per heavy atom. The van der Waals surface area contributed by atoms with E-state index in [9.17, 15) is 0 Å². The molecule has 1 aromatic heterocycles. The molecule has 5 heteroatoms. The van der Waals surface area contributed by atoms with E-state index in [0.29, 0.717) is 18.8 Å². The quantitative estimate of drug-likeness (QED) is 0.338. The average molecular weight is 500 g/mol. The van der Waals surface area contributed by atoms with Gasteiger partial charge in [0.05, 0.1) is 11.6 Å². The van der Waals surface area contributed by atoms with Crippen molar-refractivity contribution < 1.29 is 17.8 Å². The normalized spacial score (nSPS) is 8.17. The number of nitrogens with zero attached hydrogens (tertiary/aromatic N) is 2. The predicted octanol–water partition coefficient (Wildman–Crippen LogP) is -0.842. The molecule has 0 aliphatic carbocycles. The van der Waals surface area contributed by atoms with Crippen LogP contribution in [0.25, 0.3) is 0 Å². The van der Waals surface area contributed by atoms with Crippen molar-refractivity contribution >= 4 is 37.2 Å². The van der Waals surface area contributed by atoms with E-state index < -0.39 is 0 Å². The zero-order valence-electron chi connectivity index (χ0n) is 6.34. The summed E-state index contributed by atoms with van der Waals surface area (Å²) in [6.07, 6.45) is 3.69. The van der Waals surface area contributed by atoms with Crippen molar-refractivity contribution in [2.45, 2.75) is 0 Å². The molecule has 1 rings (SSSR count). The molecule has 0 amide bonds. The molecule has 1 heterocycles. The van der Waals surface area contributed by atoms with Gasteiger partial charge in [0.1, 0.15) is 7.05 Å². The second-order valence-corrected chi connectivity index (χ2v) is 18.2. The first-order chi connectivity index (χ1) is 5.74. The predicted molar refractivity (Wildman–Crippen MR) is 60.4 cm³/mol. The van der Waals surface area contributed by atoms with Crippen molar-refractivity contribution in [2.24, 2.45) is 7.05 Å². The van der Waals surface area contributed by atoms with Crippen molar-refractivity contribution in [1.82, 2.24) is 0 Å². The topological polar surface area (TPSA) is 27.7 Å². The molecule has 0 bridgehead atoms. The Bertz CT molecular complexity index is 252. The first-order valence-corrected chi connectivity index (χ1v) is 15.5. The molecule has 0 saturated carbocycles. The number of aryl methyl sites for hydroxylation is 1. The molecule has 0 spiro atoms. The molecule has 66 valence electrons. The van der Waals surface area contributed by atoms with E-state index in [1.54, 1.807) is 12.1 Å². The maximum absolute atomic E-state index is 8.37. The van der Waals surface area contributed by atoms with Crippen LogP contribution in [0.15, 0.2) is 24.5 Å². The molecule has 0 N–H and O–H groups in total. The minimum absolute atomic E-state index is 0.530. The summed E-state index contributed by atoms with van der Waals surface area (Å²) < 4.78 is 1.89. The van der Waals surface area contributed by atoms with Crippen LogP contribution in [-0.2, 0) is 7.05 Å². The number of hydrogen-bond acceptors (Lipinski definition) is 1. The Kier molecular flexibility index (Phi) is 9.01. The van der Waals surface area contributed by atoms with Gasteiger partial charge in [0.25, 0.3) is 0 Å². The molecule has 0 unspecified atom stereocenters. The summed E-state index contributed by atoms with van der Waals surface area (Å²) in [6, 6.07) is 5.60. The summed E-state index contributed by atoms with van der Waals surface area (Å²) in [5, 5.41) is 8.37. The fourth-order valence-corrected chi connectivity index (χ4v) is 0.576. The Morgan fingerprint density at radius 2 is 1.83 bits per heavy atom. The Morgan fingerprint density at radius 3 is 2.17 bits per heavy atom. The first kappa shape index (κ1) is 12.8. The molecule has 2 nitrogen and oxygen atoms in total. The van der Waals surface area contributed by atoms with E-state index in [-0.39, 0.29) is 0 Å². The van der Waals surface area contributed by atoms with Gasteiger partial charge in [-0.05, 0) is 0 Å². The summed E-state index contributed by atoms with van der Waals surface area (Å²) in [7, 11) is 1.92. The van der Waals surface area contributed by atoms with E-state index in [1.807, 2.05) is 30.1 Å². The molecule has 12 heavy (non-hydrogen) atoms. The molecule has 0 aliphatic rings. The van der Waals surface area contributed by atoms with Gasteiger partial charge in [-0.1, -0.05) is 0 Å². The van der Waals surface area contributed by atoms with Crippen LogP contribution in [-0.4, -0.2) is 0 Å². The number of aromatic nitrogens is 1. The fraction of sp³-hybridized carbons (Fsp3) is 0.143. The van der Waals surface area contributed by atoms with Crippen LogP contribution in [0.2, 0.25) is 0 Å². The number of pyridine rings is 1. The van der Waals surface area contributed by atoms with E-state index in [4.69, 9.17) is 5.26 Å². The van der Waals surface area contributed by atoms with Crippen molar-refractivity contribution in [3.05, 3.63) is 30.1 Å². The summed E-state index contributed by atoms with van der Waals surface area (Å²) in [6.45, 7) is 0. The van der Waals surface area contributed by atoms with Crippen LogP contribution in [0.5, 0.6) is 0 Å². The van der Waals surface area contributed by atoms with E-state index in [1.165, 1.54) is 0 Å². The Balaban J connectivity index is 0.000000354. The summed E-state index contributed by atoms with van der Waals surface area (Å²) in [5.74, 6) is 0. The molecule has 1 aromatic rings. The standard InChI is InChI=1S/C7H7N2.I3/c1-9-4-2-7(6-8)3-5-9;1-3-2/h2-5H,1H3;/q+1;-1. The minimum atomic E-state index is 0.530. The van der Waals surface area contributed by atoms with Gasteiger partial charge in [0, 0.05) is 12.1 Å². The Labute approximate surface area is 102 Å². The molecular formula is C7H7I3N2. The van der Waals surface area contributed by atoms with Gasteiger partial charge in [-0.15, -0.1) is 0 Å². The third-order valence-corrected chi connectivity index (χ3v) is 1.11. The molecule has 0 aliphatic heterocycles. The number of hydrogen-bond donors (Lipinski definition) is 0. The van der Waals surface area contributed by atoms with Crippen molar-refractivity contribution in [3.63, 3.8) is 0 Å². The molecule has 0 aromatic carbocycles. The zero-order chi connectivity index (χ0) is 9.40. The fourth-order valence-electron chi connectivity index (χ4n) is 0.576. The first-order valence-electron chi connectivity index (χ1n) is 2.97. The van der Waals surface area contributed by atoms with Crippen LogP contribution in [0, 0.1) is 11.3 Å². The van der Waals surface area contributed by atoms with Gasteiger partial charge in [-0.25, -0.2) is 4.57 Å². The third-order valence-electron chi connectivity index (χ3n) is 1.11. The van der Waals surface area contributed by atoms with E-state index in [2.05, 4.69) is 37.2 Å². The molecule has 0 fully saturated rings. The van der Waals surface area contributed by atoms with Crippen molar-refractivity contribution in [1.29, 1.82) is 5.26 Å². The van der Waals surface area contributed by atoms with Crippen molar-refractivity contribution in [2.75, 3.05) is 0 Å². The van der Waals surface area contributed by atoms with Crippen LogP contribution in [0.1, 0.15) is 5.56 Å². The molecular weight excluding hydrogens is 493 g/mol. The summed E-state index contributed by atoms with van der Waals surface area (Å²) >= 11 is 5.30.